The molecule has 0 atom stereocenters. The number of hydrogen-bond acceptors (Lipinski definition) is 4. The molecule has 0 radical (unpaired) electrons. The van der Waals surface area contributed by atoms with E-state index in [0.717, 1.165) is 63.2 Å². The lowest BCUT2D eigenvalue weighted by atomic mass is 9.98. The van der Waals surface area contributed by atoms with Crippen molar-refractivity contribution < 1.29 is 14.3 Å². The number of methoxy groups -OCH3 is 1. The average Bonchev–Trinajstić information content (AvgIpc) is 3.14. The lowest BCUT2D eigenvalue weighted by Crippen LogP contribution is -2.38. The van der Waals surface area contributed by atoms with Gasteiger partial charge in [0, 0.05) is 25.3 Å². The Morgan fingerprint density at radius 3 is 2.52 bits per heavy atom. The van der Waals surface area contributed by atoms with Crippen LogP contribution in [0.15, 0.2) is 24.3 Å². The number of likely N-dealkylation sites (tertiary alicyclic amines) is 1. The van der Waals surface area contributed by atoms with E-state index in [4.69, 9.17) is 4.74 Å². The summed E-state index contributed by atoms with van der Waals surface area (Å²) in [5.74, 6) is 1.38. The molecule has 154 valence electrons. The second-order valence-corrected chi connectivity index (χ2v) is 8.00. The maximum Gasteiger partial charge on any atom is 0.291 e. The lowest BCUT2D eigenvalue weighted by molar-refractivity contribution is 0.0690. The predicted octanol–water partition coefficient (Wildman–Crippen LogP) is 3.35. The van der Waals surface area contributed by atoms with Gasteiger partial charge in [-0.25, -0.2) is 4.98 Å². The number of benzene rings is 1. The third kappa shape index (κ3) is 3.99. The first-order valence-corrected chi connectivity index (χ1v) is 10.4. The number of carbonyl (C=O) groups excluding carboxylic acids is 2. The minimum absolute atomic E-state index is 0.0361. The first-order chi connectivity index (χ1) is 14.1. The minimum Gasteiger partial charge on any atom is -0.497 e. The van der Waals surface area contributed by atoms with E-state index in [2.05, 4.69) is 17.2 Å². The fraction of sp³-hybridized carbons (Fsp3) is 0.500. The molecule has 0 bridgehead atoms. The molecule has 7 nitrogen and oxygen atoms in total. The predicted molar refractivity (Wildman–Crippen MR) is 110 cm³/mol. The van der Waals surface area contributed by atoms with E-state index < -0.39 is 0 Å². The first-order valence-electron chi connectivity index (χ1n) is 10.4. The summed E-state index contributed by atoms with van der Waals surface area (Å²) in [5.41, 5.74) is 2.03. The van der Waals surface area contributed by atoms with Crippen molar-refractivity contribution in [3.8, 4) is 5.75 Å². The summed E-state index contributed by atoms with van der Waals surface area (Å²) in [5, 5.41) is 2.89. The molecule has 1 saturated heterocycles. The zero-order valence-corrected chi connectivity index (χ0v) is 17.1. The molecule has 4 rings (SSSR count). The number of nitrogens with one attached hydrogen (secondary N) is 1. The molecule has 1 aromatic heterocycles. The zero-order chi connectivity index (χ0) is 20.4. The van der Waals surface area contributed by atoms with Crippen LogP contribution < -0.4 is 10.1 Å². The molecule has 2 aromatic rings. The van der Waals surface area contributed by atoms with Gasteiger partial charge in [-0.3, -0.25) is 9.59 Å². The lowest BCUT2D eigenvalue weighted by Gasteiger charge is -2.30. The van der Waals surface area contributed by atoms with Gasteiger partial charge >= 0.3 is 0 Å². The average molecular weight is 396 g/mol. The molecule has 7 heteroatoms. The topological polar surface area (TPSA) is 76.5 Å². The number of fused-ring (bicyclic) bond motifs is 1. The van der Waals surface area contributed by atoms with Crippen LogP contribution in [0.1, 0.15) is 59.4 Å². The number of aromatic nitrogens is 2. The summed E-state index contributed by atoms with van der Waals surface area (Å²) in [7, 11) is 1.60. The molecule has 29 heavy (non-hydrogen) atoms. The maximum absolute atomic E-state index is 13.1. The summed E-state index contributed by atoms with van der Waals surface area (Å²) in [6.45, 7) is 4.47. The molecular formula is C22H28N4O3. The summed E-state index contributed by atoms with van der Waals surface area (Å²) in [6, 6.07) is 7.17. The van der Waals surface area contributed by atoms with E-state index in [9.17, 15) is 9.59 Å². The van der Waals surface area contributed by atoms with Crippen LogP contribution in [-0.2, 0) is 13.0 Å². The van der Waals surface area contributed by atoms with Gasteiger partial charge in [0.25, 0.3) is 11.8 Å². The second kappa shape index (κ2) is 8.27. The molecule has 0 spiro atoms. The summed E-state index contributed by atoms with van der Waals surface area (Å²) >= 11 is 0. The van der Waals surface area contributed by atoms with E-state index in [1.807, 2.05) is 9.47 Å². The Hall–Kier alpha value is -2.83. The Kier molecular flexibility index (Phi) is 5.56. The molecule has 2 aliphatic rings. The van der Waals surface area contributed by atoms with Crippen LogP contribution in [0.5, 0.6) is 5.75 Å². The Labute approximate surface area is 171 Å². The summed E-state index contributed by atoms with van der Waals surface area (Å²) < 4.78 is 7.09. The van der Waals surface area contributed by atoms with Crippen LogP contribution in [0.4, 0.5) is 5.69 Å². The van der Waals surface area contributed by atoms with Crippen molar-refractivity contribution in [1.29, 1.82) is 0 Å². The third-order valence-corrected chi connectivity index (χ3v) is 5.94. The minimum atomic E-state index is -0.287. The van der Waals surface area contributed by atoms with Crippen molar-refractivity contribution in [1.82, 2.24) is 14.5 Å². The number of hydrogen-bond donors (Lipinski definition) is 1. The van der Waals surface area contributed by atoms with Gasteiger partial charge in [0.05, 0.1) is 12.8 Å². The van der Waals surface area contributed by atoms with E-state index in [-0.39, 0.29) is 11.8 Å². The number of ether oxygens (including phenoxy) is 1. The van der Waals surface area contributed by atoms with Crippen molar-refractivity contribution in [2.75, 3.05) is 25.5 Å². The highest BCUT2D eigenvalue weighted by Gasteiger charge is 2.31. The quantitative estimate of drug-likeness (QED) is 0.860. The molecular weight excluding hydrogens is 368 g/mol. The van der Waals surface area contributed by atoms with Gasteiger partial charge in [-0.15, -0.1) is 0 Å². The maximum atomic E-state index is 13.1. The second-order valence-electron chi connectivity index (χ2n) is 8.00. The fourth-order valence-electron chi connectivity index (χ4n) is 4.11. The third-order valence-electron chi connectivity index (χ3n) is 5.94. The Morgan fingerprint density at radius 2 is 1.83 bits per heavy atom. The van der Waals surface area contributed by atoms with Crippen LogP contribution in [0.2, 0.25) is 0 Å². The molecule has 0 aliphatic carbocycles. The Bertz CT molecular complexity index is 896. The SMILES string of the molecule is COc1ccc(NC(=O)c2nc(C(=O)N3CCC(C)CC3)c3n2CCCC3)cc1. The van der Waals surface area contributed by atoms with Crippen molar-refractivity contribution in [2.24, 2.45) is 5.92 Å². The molecule has 1 N–H and O–H groups in total. The number of piperidine rings is 1. The Balaban J connectivity index is 1.58. The highest BCUT2D eigenvalue weighted by molar-refractivity contribution is 6.03. The zero-order valence-electron chi connectivity index (χ0n) is 17.1. The van der Waals surface area contributed by atoms with Gasteiger partial charge < -0.3 is 19.5 Å². The molecule has 2 aliphatic heterocycles. The first kappa shape index (κ1) is 19.5. The van der Waals surface area contributed by atoms with Crippen LogP contribution in [0.25, 0.3) is 0 Å². The molecule has 2 amide bonds. The largest absolute Gasteiger partial charge is 0.497 e. The van der Waals surface area contributed by atoms with Gasteiger partial charge in [0.1, 0.15) is 11.4 Å². The number of amides is 2. The number of carbonyl (C=O) groups is 2. The fourth-order valence-corrected chi connectivity index (χ4v) is 4.11. The van der Waals surface area contributed by atoms with E-state index in [0.29, 0.717) is 23.1 Å². The normalized spacial score (nSPS) is 17.0. The smallest absolute Gasteiger partial charge is 0.291 e. The van der Waals surface area contributed by atoms with Crippen LogP contribution in [0, 0.1) is 5.92 Å². The standard InChI is InChI=1S/C22H28N4O3/c1-15-10-13-25(14-11-15)22(28)19-18-5-3-4-12-26(18)20(24-19)21(27)23-16-6-8-17(29-2)9-7-16/h6-9,15H,3-5,10-14H2,1-2H3,(H,23,27). The number of imidazole rings is 1. The summed E-state index contributed by atoms with van der Waals surface area (Å²) in [4.78, 5) is 32.5. The monoisotopic (exact) mass is 396 g/mol. The highest BCUT2D eigenvalue weighted by atomic mass is 16.5. The summed E-state index contributed by atoms with van der Waals surface area (Å²) in [6.07, 6.45) is 4.83. The number of rotatable bonds is 4. The van der Waals surface area contributed by atoms with E-state index in [1.54, 1.807) is 31.4 Å². The molecule has 0 unspecified atom stereocenters. The van der Waals surface area contributed by atoms with Crippen LogP contribution in [0.3, 0.4) is 0 Å². The van der Waals surface area contributed by atoms with Gasteiger partial charge in [0.2, 0.25) is 0 Å². The highest BCUT2D eigenvalue weighted by Crippen LogP contribution is 2.25. The van der Waals surface area contributed by atoms with E-state index in [1.165, 1.54) is 0 Å². The number of anilines is 1. The number of nitrogens with zero attached hydrogens (tertiary/aromatic N) is 3. The van der Waals surface area contributed by atoms with Crippen molar-refractivity contribution >= 4 is 17.5 Å². The molecule has 1 aromatic carbocycles. The van der Waals surface area contributed by atoms with Crippen molar-refractivity contribution in [2.45, 2.75) is 45.6 Å². The molecule has 3 heterocycles. The van der Waals surface area contributed by atoms with Crippen molar-refractivity contribution in [3.63, 3.8) is 0 Å². The van der Waals surface area contributed by atoms with Crippen LogP contribution in [-0.4, -0.2) is 46.5 Å². The Morgan fingerprint density at radius 1 is 1.10 bits per heavy atom. The molecule has 1 fully saturated rings. The van der Waals surface area contributed by atoms with Gasteiger partial charge in [-0.1, -0.05) is 6.92 Å². The van der Waals surface area contributed by atoms with Gasteiger partial charge in [-0.05, 0) is 62.3 Å². The van der Waals surface area contributed by atoms with Gasteiger partial charge in [0.15, 0.2) is 5.82 Å². The van der Waals surface area contributed by atoms with E-state index >= 15 is 0 Å². The molecule has 0 saturated carbocycles. The van der Waals surface area contributed by atoms with Crippen molar-refractivity contribution in [3.05, 3.63) is 41.5 Å². The van der Waals surface area contributed by atoms with Gasteiger partial charge in [-0.2, -0.15) is 0 Å². The van der Waals surface area contributed by atoms with Crippen LogP contribution >= 0.6 is 0 Å².